The third-order valence-electron chi connectivity index (χ3n) is 5.06. The molecule has 1 saturated heterocycles. The second-order valence-corrected chi connectivity index (χ2v) is 9.99. The lowest BCUT2D eigenvalue weighted by Gasteiger charge is -2.34. The highest BCUT2D eigenvalue weighted by atomic mass is 35.5. The number of H-pyrrole nitrogens is 1. The number of hydrogen-bond donors (Lipinski definition) is 1. The van der Waals surface area contributed by atoms with Crippen LogP contribution in [0.1, 0.15) is 5.56 Å². The Balaban J connectivity index is 1.36. The van der Waals surface area contributed by atoms with Crippen LogP contribution in [0.4, 0.5) is 0 Å². The van der Waals surface area contributed by atoms with Gasteiger partial charge in [0.05, 0.1) is 11.3 Å². The van der Waals surface area contributed by atoms with Gasteiger partial charge in [-0.05, 0) is 35.9 Å². The summed E-state index contributed by atoms with van der Waals surface area (Å²) in [5.41, 5.74) is 1.39. The Kier molecular flexibility index (Phi) is 6.38. The molecule has 0 radical (unpaired) electrons. The van der Waals surface area contributed by atoms with E-state index in [0.717, 1.165) is 5.56 Å². The molecule has 0 atom stereocenters. The average molecular weight is 497 g/mol. The lowest BCUT2D eigenvalue weighted by atomic mass is 10.1. The quantitative estimate of drug-likeness (QED) is 0.579. The number of nitrogens with one attached hydrogen (secondary N) is 1. The SMILES string of the molecule is O=C(Cc1ccc(-c2n[nH]c(=O)o2)cc1)N1CCN(S(=O)(=O)c2cc(Cl)cc(Cl)c2)CC1. The molecule has 168 valence electrons. The van der Waals surface area contributed by atoms with Crippen LogP contribution in [0.5, 0.6) is 0 Å². The highest BCUT2D eigenvalue weighted by Crippen LogP contribution is 2.25. The van der Waals surface area contributed by atoms with Crippen LogP contribution in [0, 0.1) is 0 Å². The molecule has 1 N–H and O–H groups in total. The summed E-state index contributed by atoms with van der Waals surface area (Å²) in [7, 11) is -3.76. The first-order valence-corrected chi connectivity index (χ1v) is 11.8. The van der Waals surface area contributed by atoms with Crippen LogP contribution in [-0.2, 0) is 21.2 Å². The molecule has 1 aliphatic rings. The molecule has 4 rings (SSSR count). The van der Waals surface area contributed by atoms with Crippen LogP contribution in [0.25, 0.3) is 11.5 Å². The van der Waals surface area contributed by atoms with Crippen LogP contribution in [0.3, 0.4) is 0 Å². The zero-order valence-electron chi connectivity index (χ0n) is 16.6. The van der Waals surface area contributed by atoms with Gasteiger partial charge < -0.3 is 9.32 Å². The topological polar surface area (TPSA) is 117 Å². The van der Waals surface area contributed by atoms with E-state index in [-0.39, 0.29) is 59.3 Å². The molecule has 2 heterocycles. The number of amides is 1. The fourth-order valence-corrected chi connectivity index (χ4v) is 5.56. The minimum Gasteiger partial charge on any atom is -0.388 e. The van der Waals surface area contributed by atoms with Crippen molar-refractivity contribution in [3.05, 3.63) is 68.6 Å². The predicted octanol–water partition coefficient (Wildman–Crippen LogP) is 2.41. The molecule has 9 nitrogen and oxygen atoms in total. The Hall–Kier alpha value is -2.66. The maximum absolute atomic E-state index is 12.9. The second-order valence-electron chi connectivity index (χ2n) is 7.18. The van der Waals surface area contributed by atoms with Crippen molar-refractivity contribution in [3.8, 4) is 11.5 Å². The summed E-state index contributed by atoms with van der Waals surface area (Å²) in [4.78, 5) is 25.4. The largest absolute Gasteiger partial charge is 0.434 e. The van der Waals surface area contributed by atoms with Crippen molar-refractivity contribution in [2.24, 2.45) is 0 Å². The maximum Gasteiger partial charge on any atom is 0.434 e. The number of carbonyl (C=O) groups excluding carboxylic acids is 1. The van der Waals surface area contributed by atoms with Gasteiger partial charge in [-0.1, -0.05) is 35.3 Å². The van der Waals surface area contributed by atoms with Crippen molar-refractivity contribution >= 4 is 39.1 Å². The van der Waals surface area contributed by atoms with E-state index in [1.54, 1.807) is 29.2 Å². The molecule has 0 unspecified atom stereocenters. The summed E-state index contributed by atoms with van der Waals surface area (Å²) >= 11 is 11.9. The van der Waals surface area contributed by atoms with Gasteiger partial charge in [0.25, 0.3) is 0 Å². The van der Waals surface area contributed by atoms with Crippen molar-refractivity contribution in [3.63, 3.8) is 0 Å². The van der Waals surface area contributed by atoms with Gasteiger partial charge in [0.1, 0.15) is 0 Å². The monoisotopic (exact) mass is 496 g/mol. The van der Waals surface area contributed by atoms with Crippen LogP contribution in [-0.4, -0.2) is 59.9 Å². The molecular formula is C20H18Cl2N4O5S. The van der Waals surface area contributed by atoms with E-state index in [1.807, 2.05) is 0 Å². The van der Waals surface area contributed by atoms with Gasteiger partial charge in [-0.25, -0.2) is 18.3 Å². The highest BCUT2D eigenvalue weighted by molar-refractivity contribution is 7.89. The molecule has 0 spiro atoms. The Morgan fingerprint density at radius 1 is 1.03 bits per heavy atom. The summed E-state index contributed by atoms with van der Waals surface area (Å²) in [6.45, 7) is 0.913. The van der Waals surface area contributed by atoms with Gasteiger partial charge in [0, 0.05) is 41.8 Å². The first kappa shape index (κ1) is 22.5. The van der Waals surface area contributed by atoms with Gasteiger partial charge in [0.15, 0.2) is 0 Å². The Morgan fingerprint density at radius 3 is 2.22 bits per heavy atom. The zero-order chi connectivity index (χ0) is 22.9. The van der Waals surface area contributed by atoms with E-state index in [4.69, 9.17) is 27.6 Å². The molecule has 0 bridgehead atoms. The van der Waals surface area contributed by atoms with Gasteiger partial charge in [-0.15, -0.1) is 5.10 Å². The number of nitrogens with zero attached hydrogens (tertiary/aromatic N) is 3. The molecule has 2 aromatic carbocycles. The number of piperazine rings is 1. The summed E-state index contributed by atoms with van der Waals surface area (Å²) in [5, 5.41) is 6.44. The first-order chi connectivity index (χ1) is 15.2. The summed E-state index contributed by atoms with van der Waals surface area (Å²) < 4.78 is 32.0. The van der Waals surface area contributed by atoms with Crippen LogP contribution in [0.15, 0.2) is 56.6 Å². The van der Waals surface area contributed by atoms with Crippen LogP contribution >= 0.6 is 23.2 Å². The Labute approximate surface area is 193 Å². The van der Waals surface area contributed by atoms with Crippen molar-refractivity contribution in [2.75, 3.05) is 26.2 Å². The lowest BCUT2D eigenvalue weighted by molar-refractivity contribution is -0.131. The van der Waals surface area contributed by atoms with E-state index in [1.165, 1.54) is 22.5 Å². The molecule has 12 heteroatoms. The summed E-state index contributed by atoms with van der Waals surface area (Å²) in [5.74, 6) is -0.572. The van der Waals surface area contributed by atoms with E-state index < -0.39 is 15.8 Å². The Morgan fingerprint density at radius 2 is 1.66 bits per heavy atom. The average Bonchev–Trinajstić information content (AvgIpc) is 3.20. The smallest absolute Gasteiger partial charge is 0.388 e. The van der Waals surface area contributed by atoms with Gasteiger partial charge in [-0.3, -0.25) is 4.79 Å². The standard InChI is InChI=1S/C20H18Cl2N4O5S/c21-15-10-16(22)12-17(11-15)32(29,30)26-7-5-25(6-8-26)18(27)9-13-1-3-14(4-2-13)19-23-24-20(28)31-19/h1-4,10-12H,5-9H2,(H,24,28). The number of sulfonamides is 1. The number of rotatable bonds is 5. The fraction of sp³-hybridized carbons (Fsp3) is 0.250. The number of aromatic amines is 1. The zero-order valence-corrected chi connectivity index (χ0v) is 19.0. The molecular weight excluding hydrogens is 479 g/mol. The maximum atomic E-state index is 12.9. The van der Waals surface area contributed by atoms with Crippen molar-refractivity contribution in [1.29, 1.82) is 0 Å². The van der Waals surface area contributed by atoms with E-state index in [9.17, 15) is 18.0 Å². The van der Waals surface area contributed by atoms with Gasteiger partial charge in [-0.2, -0.15) is 4.31 Å². The van der Waals surface area contributed by atoms with Crippen molar-refractivity contribution in [2.45, 2.75) is 11.3 Å². The van der Waals surface area contributed by atoms with Crippen LogP contribution in [0.2, 0.25) is 10.0 Å². The third kappa shape index (κ3) is 4.88. The number of halogens is 2. The predicted molar refractivity (Wildman–Crippen MR) is 118 cm³/mol. The number of aromatic nitrogens is 2. The second kappa shape index (κ2) is 9.07. The third-order valence-corrected chi connectivity index (χ3v) is 7.37. The number of benzene rings is 2. The molecule has 3 aromatic rings. The summed E-state index contributed by atoms with van der Waals surface area (Å²) in [6, 6.07) is 11.1. The number of carbonyl (C=O) groups is 1. The molecule has 1 fully saturated rings. The first-order valence-electron chi connectivity index (χ1n) is 9.61. The molecule has 1 aliphatic heterocycles. The number of hydrogen-bond acceptors (Lipinski definition) is 6. The van der Waals surface area contributed by atoms with Crippen molar-refractivity contribution in [1.82, 2.24) is 19.4 Å². The molecule has 1 amide bonds. The van der Waals surface area contributed by atoms with Crippen molar-refractivity contribution < 1.29 is 17.6 Å². The molecule has 0 aliphatic carbocycles. The molecule has 0 saturated carbocycles. The highest BCUT2D eigenvalue weighted by Gasteiger charge is 2.30. The minimum absolute atomic E-state index is 0.0302. The van der Waals surface area contributed by atoms with Gasteiger partial charge in [0.2, 0.25) is 21.8 Å². The lowest BCUT2D eigenvalue weighted by Crippen LogP contribution is -2.50. The fourth-order valence-electron chi connectivity index (χ4n) is 3.41. The van der Waals surface area contributed by atoms with Crippen LogP contribution < -0.4 is 5.76 Å². The molecule has 1 aromatic heterocycles. The van der Waals surface area contributed by atoms with E-state index >= 15 is 0 Å². The Bertz CT molecular complexity index is 1280. The molecule has 32 heavy (non-hydrogen) atoms. The normalized spacial score (nSPS) is 15.1. The van der Waals surface area contributed by atoms with E-state index in [2.05, 4.69) is 10.2 Å². The van der Waals surface area contributed by atoms with E-state index in [0.29, 0.717) is 5.56 Å². The summed E-state index contributed by atoms with van der Waals surface area (Å²) in [6.07, 6.45) is 0.168. The van der Waals surface area contributed by atoms with Gasteiger partial charge >= 0.3 is 5.76 Å². The minimum atomic E-state index is -3.76.